The molecular formula is C8H11ClO. The zero-order valence-electron chi connectivity index (χ0n) is 5.90. The number of alkyl halides is 1. The van der Waals surface area contributed by atoms with Crippen molar-refractivity contribution in [2.45, 2.75) is 37.0 Å². The first-order valence-electron chi connectivity index (χ1n) is 3.93. The Morgan fingerprint density at radius 3 is 2.30 bits per heavy atom. The van der Waals surface area contributed by atoms with Crippen LogP contribution in [-0.2, 0) is 4.79 Å². The molecule has 0 N–H and O–H groups in total. The van der Waals surface area contributed by atoms with E-state index in [1.165, 1.54) is 12.8 Å². The van der Waals surface area contributed by atoms with E-state index in [9.17, 15) is 4.79 Å². The normalized spacial score (nSPS) is 46.1. The van der Waals surface area contributed by atoms with Gasteiger partial charge in [-0.25, -0.2) is 0 Å². The Bertz CT molecular complexity index is 168. The highest BCUT2D eigenvalue weighted by molar-refractivity contribution is 6.35. The van der Waals surface area contributed by atoms with Crippen LogP contribution in [0, 0.1) is 5.92 Å². The Morgan fingerprint density at radius 2 is 2.00 bits per heavy atom. The molecule has 0 spiro atoms. The molecule has 0 aliphatic heterocycles. The maximum atomic E-state index is 11.2. The molecule has 3 aliphatic carbocycles. The van der Waals surface area contributed by atoms with Crippen molar-refractivity contribution < 1.29 is 4.79 Å². The van der Waals surface area contributed by atoms with Crippen LogP contribution in [0.2, 0.25) is 0 Å². The van der Waals surface area contributed by atoms with E-state index >= 15 is 0 Å². The lowest BCUT2D eigenvalue weighted by Crippen LogP contribution is -2.43. The number of fused-ring (bicyclic) bond motifs is 3. The minimum atomic E-state index is -0.422. The van der Waals surface area contributed by atoms with E-state index in [-0.39, 0.29) is 0 Å². The van der Waals surface area contributed by atoms with Crippen LogP contribution in [-0.4, -0.2) is 10.7 Å². The molecular weight excluding hydrogens is 148 g/mol. The maximum absolute atomic E-state index is 11.2. The minimum absolute atomic E-state index is 0.302. The average molecular weight is 159 g/mol. The van der Waals surface area contributed by atoms with Crippen LogP contribution in [0.1, 0.15) is 32.1 Å². The SMILES string of the molecule is O=C1CC2CCC1(Cl)CC2. The number of Topliss-reactive ketones (excluding diaryl/α,β-unsaturated/α-hetero) is 1. The van der Waals surface area contributed by atoms with Gasteiger partial charge in [-0.1, -0.05) is 0 Å². The molecule has 3 rings (SSSR count). The summed E-state index contributed by atoms with van der Waals surface area (Å²) in [6.45, 7) is 0. The van der Waals surface area contributed by atoms with Crippen molar-refractivity contribution in [2.24, 2.45) is 5.92 Å². The van der Waals surface area contributed by atoms with Crippen LogP contribution >= 0.6 is 11.6 Å². The van der Waals surface area contributed by atoms with Gasteiger partial charge >= 0.3 is 0 Å². The van der Waals surface area contributed by atoms with E-state index in [0.717, 1.165) is 19.3 Å². The van der Waals surface area contributed by atoms with Crippen LogP contribution < -0.4 is 0 Å². The van der Waals surface area contributed by atoms with Crippen molar-refractivity contribution >= 4 is 17.4 Å². The van der Waals surface area contributed by atoms with Gasteiger partial charge in [0.2, 0.25) is 0 Å². The number of carbonyl (C=O) groups excluding carboxylic acids is 1. The highest BCUT2D eigenvalue weighted by Crippen LogP contribution is 2.45. The van der Waals surface area contributed by atoms with Gasteiger partial charge in [-0.15, -0.1) is 11.6 Å². The summed E-state index contributed by atoms with van der Waals surface area (Å²) in [4.78, 5) is 10.8. The third kappa shape index (κ3) is 0.800. The summed E-state index contributed by atoms with van der Waals surface area (Å²) in [7, 11) is 0. The third-order valence-electron chi connectivity index (χ3n) is 2.87. The van der Waals surface area contributed by atoms with Crippen LogP contribution in [0.15, 0.2) is 0 Å². The van der Waals surface area contributed by atoms with E-state index in [1.54, 1.807) is 0 Å². The smallest absolute Gasteiger partial charge is 0.154 e. The second kappa shape index (κ2) is 1.97. The molecule has 10 heavy (non-hydrogen) atoms. The highest BCUT2D eigenvalue weighted by Gasteiger charge is 2.45. The molecule has 2 heteroatoms. The molecule has 0 aromatic heterocycles. The second-order valence-corrected chi connectivity index (χ2v) is 4.26. The molecule has 0 amide bonds. The van der Waals surface area contributed by atoms with E-state index in [1.807, 2.05) is 0 Å². The summed E-state index contributed by atoms with van der Waals surface area (Å²) < 4.78 is 0. The molecule has 0 saturated heterocycles. The molecule has 1 nitrogen and oxygen atoms in total. The fourth-order valence-electron chi connectivity index (χ4n) is 2.06. The minimum Gasteiger partial charge on any atom is -0.298 e. The lowest BCUT2D eigenvalue weighted by molar-refractivity contribution is -0.127. The van der Waals surface area contributed by atoms with Crippen molar-refractivity contribution in [1.29, 1.82) is 0 Å². The van der Waals surface area contributed by atoms with Gasteiger partial charge in [0.05, 0.1) is 0 Å². The largest absolute Gasteiger partial charge is 0.298 e. The molecule has 0 heterocycles. The van der Waals surface area contributed by atoms with Crippen molar-refractivity contribution in [3.8, 4) is 0 Å². The molecule has 0 atom stereocenters. The predicted molar refractivity (Wildman–Crippen MR) is 40.2 cm³/mol. The number of carbonyl (C=O) groups is 1. The topological polar surface area (TPSA) is 17.1 Å². The predicted octanol–water partition coefficient (Wildman–Crippen LogP) is 2.13. The molecule has 56 valence electrons. The first-order valence-corrected chi connectivity index (χ1v) is 4.31. The number of ketones is 1. The Balaban J connectivity index is 2.25. The summed E-state index contributed by atoms with van der Waals surface area (Å²) >= 11 is 6.10. The first-order chi connectivity index (χ1) is 4.71. The fourth-order valence-corrected chi connectivity index (χ4v) is 2.36. The first kappa shape index (κ1) is 6.66. The van der Waals surface area contributed by atoms with Crippen molar-refractivity contribution in [3.63, 3.8) is 0 Å². The molecule has 0 aromatic rings. The highest BCUT2D eigenvalue weighted by atomic mass is 35.5. The quantitative estimate of drug-likeness (QED) is 0.494. The zero-order chi connectivity index (χ0) is 7.19. The number of rotatable bonds is 0. The van der Waals surface area contributed by atoms with Crippen LogP contribution in [0.5, 0.6) is 0 Å². The fraction of sp³-hybridized carbons (Fsp3) is 0.875. The van der Waals surface area contributed by atoms with Gasteiger partial charge in [0.1, 0.15) is 4.87 Å². The summed E-state index contributed by atoms with van der Waals surface area (Å²) in [5, 5.41) is 0. The lowest BCUT2D eigenvalue weighted by atomic mass is 9.69. The molecule has 0 radical (unpaired) electrons. The van der Waals surface area contributed by atoms with E-state index in [2.05, 4.69) is 0 Å². The van der Waals surface area contributed by atoms with E-state index in [4.69, 9.17) is 11.6 Å². The summed E-state index contributed by atoms with van der Waals surface area (Å²) in [5.74, 6) is 0.977. The third-order valence-corrected chi connectivity index (χ3v) is 3.46. The van der Waals surface area contributed by atoms with Gasteiger partial charge in [-0.3, -0.25) is 4.79 Å². The summed E-state index contributed by atoms with van der Waals surface area (Å²) in [6.07, 6.45) is 4.96. The number of hydrogen-bond acceptors (Lipinski definition) is 1. The molecule has 3 saturated carbocycles. The van der Waals surface area contributed by atoms with E-state index in [0.29, 0.717) is 11.7 Å². The van der Waals surface area contributed by atoms with Gasteiger partial charge in [0.25, 0.3) is 0 Å². The molecule has 3 aliphatic rings. The molecule has 2 bridgehead atoms. The molecule has 0 aromatic carbocycles. The van der Waals surface area contributed by atoms with Crippen LogP contribution in [0.25, 0.3) is 0 Å². The monoisotopic (exact) mass is 158 g/mol. The summed E-state index contributed by atoms with van der Waals surface area (Å²) in [5.41, 5.74) is 0. The average Bonchev–Trinajstić information content (AvgIpc) is 1.92. The maximum Gasteiger partial charge on any atom is 0.154 e. The zero-order valence-corrected chi connectivity index (χ0v) is 6.66. The van der Waals surface area contributed by atoms with Crippen LogP contribution in [0.3, 0.4) is 0 Å². The Hall–Kier alpha value is -0.0400. The summed E-state index contributed by atoms with van der Waals surface area (Å²) in [6, 6.07) is 0. The van der Waals surface area contributed by atoms with Crippen molar-refractivity contribution in [2.75, 3.05) is 0 Å². The molecule has 3 fully saturated rings. The lowest BCUT2D eigenvalue weighted by Gasteiger charge is -2.40. The Kier molecular flexibility index (Phi) is 1.31. The standard InChI is InChI=1S/C8H11ClO/c9-8-3-1-6(2-4-8)5-7(8)10/h6H,1-5H2. The second-order valence-electron chi connectivity index (χ2n) is 3.54. The van der Waals surface area contributed by atoms with Gasteiger partial charge < -0.3 is 0 Å². The van der Waals surface area contributed by atoms with Crippen molar-refractivity contribution in [3.05, 3.63) is 0 Å². The van der Waals surface area contributed by atoms with Gasteiger partial charge in [-0.2, -0.15) is 0 Å². The van der Waals surface area contributed by atoms with Gasteiger partial charge in [0, 0.05) is 6.42 Å². The Morgan fingerprint density at radius 1 is 1.40 bits per heavy atom. The Labute approximate surface area is 65.7 Å². The molecule has 0 unspecified atom stereocenters. The van der Waals surface area contributed by atoms with Crippen LogP contribution in [0.4, 0.5) is 0 Å². The van der Waals surface area contributed by atoms with Gasteiger partial charge in [-0.05, 0) is 31.6 Å². The van der Waals surface area contributed by atoms with Crippen molar-refractivity contribution in [1.82, 2.24) is 0 Å². The van der Waals surface area contributed by atoms with Gasteiger partial charge in [0.15, 0.2) is 5.78 Å². The number of halogens is 1. The number of hydrogen-bond donors (Lipinski definition) is 0. The van der Waals surface area contributed by atoms with E-state index < -0.39 is 4.87 Å².